The molecule has 0 amide bonds. The molecule has 1 heterocycles. The molecule has 0 unspecified atom stereocenters. The summed E-state index contributed by atoms with van der Waals surface area (Å²) in [7, 11) is -0.348. The van der Waals surface area contributed by atoms with Gasteiger partial charge in [0, 0.05) is 15.3 Å². The van der Waals surface area contributed by atoms with Gasteiger partial charge in [0.25, 0.3) is 0 Å². The summed E-state index contributed by atoms with van der Waals surface area (Å²) in [6, 6.07) is 76.5. The molecular formula is C72H58BBrO2. The predicted molar refractivity (Wildman–Crippen MR) is 327 cm³/mol. The van der Waals surface area contributed by atoms with Gasteiger partial charge >= 0.3 is 7.12 Å². The molecule has 368 valence electrons. The maximum absolute atomic E-state index is 6.28. The van der Waals surface area contributed by atoms with Gasteiger partial charge in [-0.2, -0.15) is 0 Å². The second kappa shape index (κ2) is 16.8. The number of halogens is 1. The van der Waals surface area contributed by atoms with Gasteiger partial charge in [0.15, 0.2) is 0 Å². The Hall–Kier alpha value is -7.34. The standard InChI is InChI=1S/C39H35BO2.C33H23Br/c1-37(2)35-21-25(24-15-18-26(19-16-24)40-41-38(3,4)39(5,6)42-40)17-20-31(35)34-22-32-29-13-9-7-11-27(29)28-12-8-10-14-30(28)33(32)23-36(34)37;1-33(2)31-17-21(20-11-14-22(34)15-12-20)13-16-27(31)30-18-28-25-9-5-3-7-23(25)24-8-4-6-10-26(24)29(28)19-32(30)33/h7-23H,1-6H3;3-19H,1-2H3. The molecule has 1 aliphatic heterocycles. The summed E-state index contributed by atoms with van der Waals surface area (Å²) >= 11 is 3.56. The van der Waals surface area contributed by atoms with Gasteiger partial charge in [0.2, 0.25) is 0 Å². The molecule has 0 N–H and O–H groups in total. The summed E-state index contributed by atoms with van der Waals surface area (Å²) in [5.41, 5.74) is 16.2. The zero-order chi connectivity index (χ0) is 52.0. The van der Waals surface area contributed by atoms with Crippen molar-refractivity contribution in [1.29, 1.82) is 0 Å². The number of fused-ring (bicyclic) bond motifs is 18. The van der Waals surface area contributed by atoms with Crippen LogP contribution in [-0.2, 0) is 20.1 Å². The summed E-state index contributed by atoms with van der Waals surface area (Å²) in [6.07, 6.45) is 0. The molecule has 12 aromatic carbocycles. The van der Waals surface area contributed by atoms with E-state index in [0.29, 0.717) is 0 Å². The van der Waals surface area contributed by atoms with E-state index in [1.807, 2.05) is 0 Å². The SMILES string of the molecule is CC1(C)c2cc(-c3ccc(B4OC(C)(C)C(C)(C)O4)cc3)ccc2-c2cc3c4ccccc4c4ccccc4c3cc21.CC1(C)c2cc(-c3ccc(Br)cc3)ccc2-c2cc3c4ccccc4c4ccccc4c3cc21. The fraction of sp³-hybridized carbons (Fsp3) is 0.167. The molecule has 2 nitrogen and oxygen atoms in total. The Morgan fingerprint density at radius 1 is 0.289 bits per heavy atom. The molecule has 12 aromatic rings. The fourth-order valence-electron chi connectivity index (χ4n) is 13.1. The van der Waals surface area contributed by atoms with Crippen LogP contribution in [0.4, 0.5) is 0 Å². The van der Waals surface area contributed by atoms with Crippen LogP contribution in [0.25, 0.3) is 109 Å². The third-order valence-corrected chi connectivity index (χ3v) is 18.6. The summed E-state index contributed by atoms with van der Waals surface area (Å²) in [4.78, 5) is 0. The quantitative estimate of drug-likeness (QED) is 0.130. The van der Waals surface area contributed by atoms with Gasteiger partial charge in [-0.05, 0) is 213 Å². The second-order valence-electron chi connectivity index (χ2n) is 23.6. The Balaban J connectivity index is 0.000000142. The minimum absolute atomic E-state index is 0.0586. The Labute approximate surface area is 454 Å². The van der Waals surface area contributed by atoms with Crippen molar-refractivity contribution in [3.8, 4) is 44.5 Å². The topological polar surface area (TPSA) is 18.5 Å². The maximum atomic E-state index is 6.28. The lowest BCUT2D eigenvalue weighted by Gasteiger charge is -2.32. The zero-order valence-electron chi connectivity index (χ0n) is 44.4. The van der Waals surface area contributed by atoms with Crippen molar-refractivity contribution >= 4 is 93.1 Å². The molecule has 3 aliphatic rings. The second-order valence-corrected chi connectivity index (χ2v) is 24.5. The largest absolute Gasteiger partial charge is 0.494 e. The maximum Gasteiger partial charge on any atom is 0.494 e. The molecule has 0 radical (unpaired) electrons. The lowest BCUT2D eigenvalue weighted by molar-refractivity contribution is 0.00578. The van der Waals surface area contributed by atoms with Crippen molar-refractivity contribution < 1.29 is 9.31 Å². The molecule has 4 heteroatoms. The van der Waals surface area contributed by atoms with Crippen LogP contribution in [0.3, 0.4) is 0 Å². The van der Waals surface area contributed by atoms with Crippen molar-refractivity contribution in [2.75, 3.05) is 0 Å². The van der Waals surface area contributed by atoms with E-state index in [-0.39, 0.29) is 29.2 Å². The number of benzene rings is 12. The minimum Gasteiger partial charge on any atom is -0.399 e. The van der Waals surface area contributed by atoms with Crippen LogP contribution in [0, 0.1) is 0 Å². The summed E-state index contributed by atoms with van der Waals surface area (Å²) < 4.78 is 13.7. The molecule has 0 aromatic heterocycles. The Morgan fingerprint density at radius 3 is 0.934 bits per heavy atom. The van der Waals surface area contributed by atoms with Crippen LogP contribution in [0.2, 0.25) is 0 Å². The van der Waals surface area contributed by atoms with E-state index in [2.05, 4.69) is 278 Å². The highest BCUT2D eigenvalue weighted by Crippen LogP contribution is 2.54. The molecule has 76 heavy (non-hydrogen) atoms. The lowest BCUT2D eigenvalue weighted by atomic mass is 9.78. The van der Waals surface area contributed by atoms with E-state index in [9.17, 15) is 0 Å². The molecule has 0 atom stereocenters. The molecule has 15 rings (SSSR count). The summed E-state index contributed by atoms with van der Waals surface area (Å²) in [6.45, 7) is 17.9. The highest BCUT2D eigenvalue weighted by molar-refractivity contribution is 9.10. The van der Waals surface area contributed by atoms with Gasteiger partial charge in [0.05, 0.1) is 11.2 Å². The highest BCUT2D eigenvalue weighted by Gasteiger charge is 2.51. The van der Waals surface area contributed by atoms with Crippen LogP contribution in [-0.4, -0.2) is 18.3 Å². The third kappa shape index (κ3) is 7.07. The Kier molecular flexibility index (Phi) is 10.4. The fourth-order valence-corrected chi connectivity index (χ4v) is 13.3. The van der Waals surface area contributed by atoms with Crippen molar-refractivity contribution in [3.05, 3.63) is 233 Å². The Morgan fingerprint density at radius 2 is 0.579 bits per heavy atom. The van der Waals surface area contributed by atoms with Crippen molar-refractivity contribution in [1.82, 2.24) is 0 Å². The minimum atomic E-state index is -0.348. The molecular weight excluding hydrogens is 988 g/mol. The smallest absolute Gasteiger partial charge is 0.399 e. The number of hydrogen-bond donors (Lipinski definition) is 0. The first-order chi connectivity index (χ1) is 36.6. The van der Waals surface area contributed by atoms with Crippen LogP contribution >= 0.6 is 15.9 Å². The van der Waals surface area contributed by atoms with E-state index < -0.39 is 0 Å². The van der Waals surface area contributed by atoms with Crippen molar-refractivity contribution in [3.63, 3.8) is 0 Å². The van der Waals surface area contributed by atoms with Crippen molar-refractivity contribution in [2.24, 2.45) is 0 Å². The first kappa shape index (κ1) is 47.1. The van der Waals surface area contributed by atoms with E-state index in [0.717, 1.165) is 9.94 Å². The van der Waals surface area contributed by atoms with Crippen LogP contribution in [0.1, 0.15) is 77.6 Å². The third-order valence-electron chi connectivity index (χ3n) is 18.0. The summed E-state index contributed by atoms with van der Waals surface area (Å²) in [5, 5.41) is 16.0. The average Bonchev–Trinajstić information content (AvgIpc) is 4.14. The van der Waals surface area contributed by atoms with E-state index in [4.69, 9.17) is 9.31 Å². The van der Waals surface area contributed by atoms with Gasteiger partial charge in [-0.15, -0.1) is 0 Å². The van der Waals surface area contributed by atoms with Crippen molar-refractivity contribution in [2.45, 2.75) is 77.4 Å². The van der Waals surface area contributed by atoms with Gasteiger partial charge in [-0.25, -0.2) is 0 Å². The van der Waals surface area contributed by atoms with E-state index in [1.54, 1.807) is 0 Å². The Bertz CT molecular complexity index is 4390. The van der Waals surface area contributed by atoms with Crippen LogP contribution in [0.5, 0.6) is 0 Å². The van der Waals surface area contributed by atoms with Gasteiger partial charge in [-0.1, -0.05) is 201 Å². The monoisotopic (exact) mass is 1040 g/mol. The molecule has 1 fully saturated rings. The van der Waals surface area contributed by atoms with E-state index >= 15 is 0 Å². The average molecular weight is 1050 g/mol. The van der Waals surface area contributed by atoms with E-state index in [1.165, 1.54) is 131 Å². The highest BCUT2D eigenvalue weighted by atomic mass is 79.9. The zero-order valence-corrected chi connectivity index (χ0v) is 46.0. The normalized spacial score (nSPS) is 16.2. The first-order valence-electron chi connectivity index (χ1n) is 26.8. The molecule has 2 aliphatic carbocycles. The molecule has 0 bridgehead atoms. The molecule has 1 saturated heterocycles. The van der Waals surface area contributed by atoms with Crippen LogP contribution < -0.4 is 5.46 Å². The first-order valence-corrected chi connectivity index (χ1v) is 27.6. The van der Waals surface area contributed by atoms with Gasteiger partial charge in [0.1, 0.15) is 0 Å². The van der Waals surface area contributed by atoms with Gasteiger partial charge in [-0.3, -0.25) is 0 Å². The predicted octanol–water partition coefficient (Wildman–Crippen LogP) is 19.3. The molecule has 0 saturated carbocycles. The number of hydrogen-bond acceptors (Lipinski definition) is 2. The van der Waals surface area contributed by atoms with Gasteiger partial charge < -0.3 is 9.31 Å². The molecule has 0 spiro atoms. The van der Waals surface area contributed by atoms with Crippen LogP contribution in [0.15, 0.2) is 211 Å². The number of rotatable bonds is 3. The summed E-state index contributed by atoms with van der Waals surface area (Å²) in [5.74, 6) is 0. The lowest BCUT2D eigenvalue weighted by Crippen LogP contribution is -2.41.